The molecule has 0 unspecified atom stereocenters. The molecule has 0 atom stereocenters. The van der Waals surface area contributed by atoms with E-state index in [1.807, 2.05) is 30.3 Å². The molecule has 0 saturated heterocycles. The minimum Gasteiger partial charge on any atom is -0.252 e. The summed E-state index contributed by atoms with van der Waals surface area (Å²) in [6.07, 6.45) is 2.91. The molecule has 0 N–H and O–H groups in total. The molecule has 0 amide bonds. The molecule has 56 heavy (non-hydrogen) atoms. The van der Waals surface area contributed by atoms with Gasteiger partial charge in [0.1, 0.15) is 0 Å². The van der Waals surface area contributed by atoms with E-state index in [1.165, 1.54) is 27.8 Å². The maximum Gasteiger partial charge on any atom is 0.0712 e. The molecule has 7 aromatic carbocycles. The van der Waals surface area contributed by atoms with Crippen LogP contribution in [0, 0.1) is 0 Å². The zero-order valence-electron chi connectivity index (χ0n) is 31.5. The Hall–Kier alpha value is -7.16. The Morgan fingerprint density at radius 1 is 0.464 bits per heavy atom. The number of allylic oxidation sites excluding steroid dienone is 2. The number of nitrogens with zero attached hydrogens (tertiary/aromatic N) is 2. The van der Waals surface area contributed by atoms with Crippen molar-refractivity contribution in [3.63, 3.8) is 0 Å². The molecule has 0 aliphatic heterocycles. The molecule has 8 aromatic rings. The molecule has 268 valence electrons. The summed E-state index contributed by atoms with van der Waals surface area (Å²) >= 11 is 0. The fourth-order valence-electron chi connectivity index (χ4n) is 6.97. The maximum atomic E-state index is 5.18. The molecular formula is C54H42N2. The number of aliphatic imine (C=N–C) groups is 1. The van der Waals surface area contributed by atoms with Gasteiger partial charge in [-0.05, 0) is 86.8 Å². The van der Waals surface area contributed by atoms with Crippen LogP contribution in [0.5, 0.6) is 0 Å². The molecule has 0 bridgehead atoms. The van der Waals surface area contributed by atoms with E-state index in [0.717, 1.165) is 68.2 Å². The number of hydrogen-bond donors (Lipinski definition) is 0. The Morgan fingerprint density at radius 3 is 1.57 bits per heavy atom. The van der Waals surface area contributed by atoms with Crippen molar-refractivity contribution >= 4 is 17.0 Å². The molecule has 0 saturated carbocycles. The number of pyridine rings is 1. The predicted octanol–water partition coefficient (Wildman–Crippen LogP) is 13.9. The van der Waals surface area contributed by atoms with E-state index >= 15 is 0 Å². The molecule has 0 spiro atoms. The quantitative estimate of drug-likeness (QED) is 0.122. The Balaban J connectivity index is 1.13. The highest BCUT2D eigenvalue weighted by Crippen LogP contribution is 2.30. The third kappa shape index (κ3) is 8.62. The van der Waals surface area contributed by atoms with Crippen molar-refractivity contribution in [3.05, 3.63) is 247 Å². The number of rotatable bonds is 11. The van der Waals surface area contributed by atoms with Crippen molar-refractivity contribution in [2.24, 2.45) is 4.99 Å². The van der Waals surface area contributed by atoms with Crippen LogP contribution in [0.3, 0.4) is 0 Å². The highest BCUT2D eigenvalue weighted by Gasteiger charge is 2.11. The van der Waals surface area contributed by atoms with E-state index < -0.39 is 0 Å². The zero-order valence-corrected chi connectivity index (χ0v) is 31.5. The Bertz CT molecular complexity index is 2620. The second kappa shape index (κ2) is 16.9. The van der Waals surface area contributed by atoms with Crippen molar-refractivity contribution in [3.8, 4) is 44.6 Å². The highest BCUT2D eigenvalue weighted by atomic mass is 14.8. The third-order valence-electron chi connectivity index (χ3n) is 10.0. The van der Waals surface area contributed by atoms with Crippen LogP contribution < -0.4 is 0 Å². The average Bonchev–Trinajstić information content (AvgIpc) is 3.27. The Kier molecular flexibility index (Phi) is 10.8. The van der Waals surface area contributed by atoms with Crippen molar-refractivity contribution in [2.75, 3.05) is 0 Å². The van der Waals surface area contributed by atoms with Crippen LogP contribution in [0.15, 0.2) is 224 Å². The summed E-state index contributed by atoms with van der Waals surface area (Å²) in [5.74, 6) is 0. The van der Waals surface area contributed by atoms with Gasteiger partial charge in [-0.3, -0.25) is 4.98 Å². The molecular weight excluding hydrogens is 677 g/mol. The van der Waals surface area contributed by atoms with E-state index in [-0.39, 0.29) is 0 Å². The van der Waals surface area contributed by atoms with Gasteiger partial charge in [-0.2, -0.15) is 0 Å². The molecule has 0 aliphatic carbocycles. The van der Waals surface area contributed by atoms with Crippen LogP contribution in [0.4, 0.5) is 0 Å². The van der Waals surface area contributed by atoms with Crippen LogP contribution in [0.2, 0.25) is 0 Å². The van der Waals surface area contributed by atoms with E-state index in [4.69, 9.17) is 9.98 Å². The van der Waals surface area contributed by atoms with Crippen LogP contribution in [-0.4, -0.2) is 10.7 Å². The van der Waals surface area contributed by atoms with Gasteiger partial charge in [-0.1, -0.05) is 195 Å². The number of aromatic nitrogens is 1. The summed E-state index contributed by atoms with van der Waals surface area (Å²) < 4.78 is 0. The van der Waals surface area contributed by atoms with Crippen molar-refractivity contribution < 1.29 is 0 Å². The average molecular weight is 719 g/mol. The second-order valence-electron chi connectivity index (χ2n) is 14.0. The Morgan fingerprint density at radius 2 is 0.964 bits per heavy atom. The van der Waals surface area contributed by atoms with Gasteiger partial charge in [0.05, 0.1) is 17.1 Å². The molecule has 2 nitrogen and oxygen atoms in total. The van der Waals surface area contributed by atoms with Gasteiger partial charge in [0.2, 0.25) is 0 Å². The minimum atomic E-state index is 0.720. The van der Waals surface area contributed by atoms with Gasteiger partial charge < -0.3 is 0 Å². The zero-order chi connectivity index (χ0) is 38.1. The second-order valence-corrected chi connectivity index (χ2v) is 14.0. The molecule has 0 fully saturated rings. The lowest BCUT2D eigenvalue weighted by Gasteiger charge is -2.12. The fraction of sp³-hybridized carbons (Fsp3) is 0.0370. The van der Waals surface area contributed by atoms with Gasteiger partial charge in [-0.15, -0.1) is 0 Å². The van der Waals surface area contributed by atoms with Crippen molar-refractivity contribution in [1.29, 1.82) is 0 Å². The summed E-state index contributed by atoms with van der Waals surface area (Å²) in [4.78, 5) is 10.3. The summed E-state index contributed by atoms with van der Waals surface area (Å²) in [5, 5.41) is 0. The van der Waals surface area contributed by atoms with Crippen LogP contribution in [-0.2, 0) is 6.42 Å². The van der Waals surface area contributed by atoms with Gasteiger partial charge in [0.25, 0.3) is 0 Å². The fourth-order valence-corrected chi connectivity index (χ4v) is 6.97. The van der Waals surface area contributed by atoms with E-state index in [0.29, 0.717) is 0 Å². The van der Waals surface area contributed by atoms with Gasteiger partial charge in [0.15, 0.2) is 0 Å². The first kappa shape index (κ1) is 35.8. The Labute approximate surface area is 330 Å². The van der Waals surface area contributed by atoms with Gasteiger partial charge >= 0.3 is 0 Å². The van der Waals surface area contributed by atoms with E-state index in [9.17, 15) is 0 Å². The smallest absolute Gasteiger partial charge is 0.0712 e. The van der Waals surface area contributed by atoms with Crippen LogP contribution >= 0.6 is 0 Å². The van der Waals surface area contributed by atoms with Crippen molar-refractivity contribution in [2.45, 2.75) is 13.3 Å². The predicted molar refractivity (Wildman–Crippen MR) is 237 cm³/mol. The summed E-state index contributed by atoms with van der Waals surface area (Å²) in [6.45, 7) is 6.51. The van der Waals surface area contributed by atoms with Crippen LogP contribution in [0.25, 0.3) is 55.9 Å². The first-order valence-electron chi connectivity index (χ1n) is 19.0. The summed E-state index contributed by atoms with van der Waals surface area (Å²) in [6, 6.07) is 72.3. The largest absolute Gasteiger partial charge is 0.252 e. The van der Waals surface area contributed by atoms with E-state index in [1.54, 1.807) is 0 Å². The molecule has 1 heterocycles. The lowest BCUT2D eigenvalue weighted by Crippen LogP contribution is -2.00. The molecule has 1 aromatic heterocycles. The molecule has 8 rings (SSSR count). The number of hydrogen-bond acceptors (Lipinski definition) is 2. The number of benzene rings is 7. The first-order chi connectivity index (χ1) is 27.6. The summed E-state index contributed by atoms with van der Waals surface area (Å²) in [7, 11) is 0. The van der Waals surface area contributed by atoms with E-state index in [2.05, 4.69) is 196 Å². The SMILES string of the molecule is C=C(N=C(/C=C(\C)c1cccc(-c2cc(Cc3ccc(-c4ccccc4)cc3)nc(-c3ccccc3)c2)c1)c1ccc(-c2ccccc2)cc1)c1ccccc1. The third-order valence-corrected chi connectivity index (χ3v) is 10.0. The first-order valence-corrected chi connectivity index (χ1v) is 19.0. The lowest BCUT2D eigenvalue weighted by molar-refractivity contribution is 1.08. The van der Waals surface area contributed by atoms with Gasteiger partial charge in [-0.25, -0.2) is 4.99 Å². The highest BCUT2D eigenvalue weighted by molar-refractivity contribution is 6.14. The maximum absolute atomic E-state index is 5.18. The standard InChI is InChI=1S/C54H42N2/c1-39(34-53(55-40(2)42-16-7-3-8-17-42)48-32-30-46(31-33-48)44-20-11-5-12-21-44)49-24-15-25-50(36-49)51-37-52(56-54(38-51)47-22-13-6-14-23-47)35-41-26-28-45(29-27-41)43-18-9-4-10-19-43/h3-34,36-38H,2,35H2,1H3/b39-34+,55-53?. The van der Waals surface area contributed by atoms with Gasteiger partial charge in [0, 0.05) is 23.2 Å². The van der Waals surface area contributed by atoms with Crippen LogP contribution in [0.1, 0.15) is 34.9 Å². The lowest BCUT2D eigenvalue weighted by atomic mass is 9.95. The summed E-state index contributed by atoms with van der Waals surface area (Å²) in [5.41, 5.74) is 17.2. The molecule has 2 heteroatoms. The van der Waals surface area contributed by atoms with Crippen molar-refractivity contribution in [1.82, 2.24) is 4.98 Å². The monoisotopic (exact) mass is 718 g/mol. The molecule has 0 aliphatic rings. The normalized spacial score (nSPS) is 11.7. The minimum absolute atomic E-state index is 0.720. The topological polar surface area (TPSA) is 25.2 Å². The molecule has 0 radical (unpaired) electrons.